The molecule has 0 saturated carbocycles. The number of hydrogen-bond acceptors (Lipinski definition) is 2. The third kappa shape index (κ3) is 3.35. The molecule has 0 spiro atoms. The smallest absolute Gasteiger partial charge is 0.246 e. The minimum atomic E-state index is -0.547. The Bertz CT molecular complexity index is 565. The summed E-state index contributed by atoms with van der Waals surface area (Å²) in [6, 6.07) is 3.30. The van der Waals surface area contributed by atoms with Crippen LogP contribution in [0.1, 0.15) is 32.3 Å². The maximum absolute atomic E-state index is 13.2. The quantitative estimate of drug-likeness (QED) is 0.928. The fraction of sp³-hybridized carbons (Fsp3) is 0.467. The molecule has 1 aromatic carbocycles. The van der Waals surface area contributed by atoms with Crippen LogP contribution in [0.15, 0.2) is 18.2 Å². The summed E-state index contributed by atoms with van der Waals surface area (Å²) in [5.41, 5.74) is 0.701. The van der Waals surface area contributed by atoms with E-state index in [1.54, 1.807) is 13.0 Å². The predicted molar refractivity (Wildman–Crippen MR) is 78.3 cm³/mol. The van der Waals surface area contributed by atoms with Gasteiger partial charge in [0.25, 0.3) is 0 Å². The molecule has 1 N–H and O–H groups in total. The van der Waals surface area contributed by atoms with Crippen LogP contribution in [0.25, 0.3) is 0 Å². The van der Waals surface area contributed by atoms with Crippen LogP contribution in [-0.4, -0.2) is 28.8 Å². The number of rotatable bonds is 4. The Morgan fingerprint density at radius 1 is 1.38 bits per heavy atom. The first kappa shape index (κ1) is 15.8. The second-order valence-corrected chi connectivity index (χ2v) is 5.65. The molecule has 0 aliphatic carbocycles. The van der Waals surface area contributed by atoms with Crippen molar-refractivity contribution < 1.29 is 14.0 Å². The fourth-order valence-electron chi connectivity index (χ4n) is 2.42. The van der Waals surface area contributed by atoms with Crippen molar-refractivity contribution >= 4 is 23.4 Å². The Kier molecular flexibility index (Phi) is 4.83. The van der Waals surface area contributed by atoms with Crippen LogP contribution in [0.2, 0.25) is 5.02 Å². The molecule has 1 aliphatic rings. The van der Waals surface area contributed by atoms with Gasteiger partial charge in [-0.05, 0) is 31.0 Å². The molecule has 2 unspecified atom stereocenters. The van der Waals surface area contributed by atoms with Crippen molar-refractivity contribution in [2.24, 2.45) is 0 Å². The summed E-state index contributed by atoms with van der Waals surface area (Å²) in [6.07, 6.45) is 1.42. The van der Waals surface area contributed by atoms with E-state index in [-0.39, 0.29) is 23.4 Å². The number of nitrogens with one attached hydrogen (secondary N) is 1. The number of carbonyl (C=O) groups is 2. The molecular weight excluding hydrogens is 295 g/mol. The Hall–Kier alpha value is -1.62. The van der Waals surface area contributed by atoms with Crippen molar-refractivity contribution in [1.82, 2.24) is 10.2 Å². The number of hydrogen-bond donors (Lipinski definition) is 1. The third-order valence-corrected chi connectivity index (χ3v) is 3.95. The monoisotopic (exact) mass is 312 g/mol. The highest BCUT2D eigenvalue weighted by atomic mass is 35.5. The third-order valence-electron chi connectivity index (χ3n) is 3.66. The maximum atomic E-state index is 13.2. The van der Waals surface area contributed by atoms with Gasteiger partial charge in [0.1, 0.15) is 17.9 Å². The Labute approximate surface area is 128 Å². The van der Waals surface area contributed by atoms with E-state index in [0.29, 0.717) is 12.0 Å². The maximum Gasteiger partial charge on any atom is 0.246 e. The number of amides is 2. The largest absolute Gasteiger partial charge is 0.343 e. The van der Waals surface area contributed by atoms with Crippen molar-refractivity contribution in [2.75, 3.05) is 0 Å². The molecule has 1 saturated heterocycles. The molecule has 0 aromatic heterocycles. The molecule has 4 nitrogen and oxygen atoms in total. The number of carbonyl (C=O) groups excluding carboxylic acids is 2. The van der Waals surface area contributed by atoms with E-state index in [4.69, 9.17) is 11.6 Å². The van der Waals surface area contributed by atoms with Crippen molar-refractivity contribution in [3.63, 3.8) is 0 Å². The topological polar surface area (TPSA) is 49.4 Å². The van der Waals surface area contributed by atoms with Crippen molar-refractivity contribution in [3.05, 3.63) is 34.6 Å². The molecule has 1 fully saturated rings. The van der Waals surface area contributed by atoms with Gasteiger partial charge in [-0.3, -0.25) is 9.59 Å². The molecule has 21 heavy (non-hydrogen) atoms. The number of nitrogens with zero attached hydrogens (tertiary/aromatic N) is 1. The van der Waals surface area contributed by atoms with Gasteiger partial charge in [-0.15, -0.1) is 0 Å². The van der Waals surface area contributed by atoms with Gasteiger partial charge in [-0.1, -0.05) is 31.0 Å². The lowest BCUT2D eigenvalue weighted by Crippen LogP contribution is -2.61. The van der Waals surface area contributed by atoms with Gasteiger partial charge in [-0.25, -0.2) is 4.39 Å². The Morgan fingerprint density at radius 2 is 2.10 bits per heavy atom. The van der Waals surface area contributed by atoms with E-state index in [1.807, 2.05) is 6.92 Å². The van der Waals surface area contributed by atoms with Gasteiger partial charge in [0.05, 0.1) is 5.02 Å². The Morgan fingerprint density at radius 3 is 2.71 bits per heavy atom. The molecular formula is C15H18ClFN2O2. The van der Waals surface area contributed by atoms with Crippen LogP contribution in [0.3, 0.4) is 0 Å². The summed E-state index contributed by atoms with van der Waals surface area (Å²) in [7, 11) is 0. The molecule has 1 heterocycles. The summed E-state index contributed by atoms with van der Waals surface area (Å²) in [5, 5.41) is 2.75. The lowest BCUT2D eigenvalue weighted by molar-refractivity contribution is -0.149. The summed E-state index contributed by atoms with van der Waals surface area (Å²) in [4.78, 5) is 25.9. The highest BCUT2D eigenvalue weighted by Gasteiger charge is 2.37. The van der Waals surface area contributed by atoms with E-state index in [2.05, 4.69) is 5.32 Å². The van der Waals surface area contributed by atoms with Gasteiger partial charge in [-0.2, -0.15) is 0 Å². The van der Waals surface area contributed by atoms with Gasteiger partial charge >= 0.3 is 0 Å². The van der Waals surface area contributed by atoms with Crippen LogP contribution in [-0.2, 0) is 16.1 Å². The first-order valence-electron chi connectivity index (χ1n) is 6.98. The van der Waals surface area contributed by atoms with E-state index in [9.17, 15) is 14.0 Å². The standard InChI is InChI=1S/C15H18ClFN2O2/c1-3-4-13-15(21)19(9(2)14(20)18-13)8-10-5-6-12(17)11(16)7-10/h5-7,9,13H,3-4,8H2,1-2H3,(H,18,20). The second kappa shape index (κ2) is 6.43. The zero-order valence-corrected chi connectivity index (χ0v) is 12.8. The van der Waals surface area contributed by atoms with Gasteiger partial charge < -0.3 is 10.2 Å². The molecule has 2 rings (SSSR count). The van der Waals surface area contributed by atoms with E-state index < -0.39 is 17.9 Å². The first-order chi connectivity index (χ1) is 9.93. The number of piperazine rings is 1. The fourth-order valence-corrected chi connectivity index (χ4v) is 2.62. The molecule has 0 radical (unpaired) electrons. The van der Waals surface area contributed by atoms with E-state index in [0.717, 1.165) is 6.42 Å². The van der Waals surface area contributed by atoms with Crippen molar-refractivity contribution in [1.29, 1.82) is 0 Å². The summed E-state index contributed by atoms with van der Waals surface area (Å²) >= 11 is 5.75. The summed E-state index contributed by atoms with van der Waals surface area (Å²) < 4.78 is 13.2. The molecule has 2 amide bonds. The highest BCUT2D eigenvalue weighted by molar-refractivity contribution is 6.30. The highest BCUT2D eigenvalue weighted by Crippen LogP contribution is 2.20. The molecule has 1 aliphatic heterocycles. The van der Waals surface area contributed by atoms with Crippen LogP contribution < -0.4 is 5.32 Å². The molecule has 114 valence electrons. The van der Waals surface area contributed by atoms with Gasteiger partial charge in [0.15, 0.2) is 0 Å². The molecule has 0 bridgehead atoms. The number of halogens is 2. The van der Waals surface area contributed by atoms with Gasteiger partial charge in [0.2, 0.25) is 11.8 Å². The SMILES string of the molecule is CCCC1NC(=O)C(C)N(Cc2ccc(F)c(Cl)c2)C1=O. The lowest BCUT2D eigenvalue weighted by atomic mass is 10.0. The molecule has 2 atom stereocenters. The van der Waals surface area contributed by atoms with Crippen LogP contribution in [0, 0.1) is 5.82 Å². The molecule has 6 heteroatoms. The average molecular weight is 313 g/mol. The average Bonchev–Trinajstić information content (AvgIpc) is 2.45. The van der Waals surface area contributed by atoms with Crippen LogP contribution in [0.4, 0.5) is 4.39 Å². The zero-order valence-electron chi connectivity index (χ0n) is 12.0. The second-order valence-electron chi connectivity index (χ2n) is 5.24. The lowest BCUT2D eigenvalue weighted by Gasteiger charge is -2.37. The van der Waals surface area contributed by atoms with E-state index in [1.165, 1.54) is 17.0 Å². The van der Waals surface area contributed by atoms with E-state index >= 15 is 0 Å². The molecule has 1 aromatic rings. The Balaban J connectivity index is 2.20. The first-order valence-corrected chi connectivity index (χ1v) is 7.36. The van der Waals surface area contributed by atoms with Crippen molar-refractivity contribution in [2.45, 2.75) is 45.3 Å². The number of benzene rings is 1. The zero-order chi connectivity index (χ0) is 15.6. The van der Waals surface area contributed by atoms with Crippen LogP contribution in [0.5, 0.6) is 0 Å². The van der Waals surface area contributed by atoms with Crippen LogP contribution >= 0.6 is 11.6 Å². The minimum Gasteiger partial charge on any atom is -0.343 e. The predicted octanol–water partition coefficient (Wildman–Crippen LogP) is 2.49. The van der Waals surface area contributed by atoms with Gasteiger partial charge in [0, 0.05) is 6.54 Å². The minimum absolute atomic E-state index is 0.0131. The normalized spacial score (nSPS) is 22.4. The summed E-state index contributed by atoms with van der Waals surface area (Å²) in [5.74, 6) is -0.773. The summed E-state index contributed by atoms with van der Waals surface area (Å²) in [6.45, 7) is 3.88. The van der Waals surface area contributed by atoms with Crippen molar-refractivity contribution in [3.8, 4) is 0 Å².